The lowest BCUT2D eigenvalue weighted by molar-refractivity contribution is -0.147. The van der Waals surface area contributed by atoms with Crippen molar-refractivity contribution < 1.29 is 41.3 Å². The largest absolute Gasteiger partial charge is 0.481 e. The van der Waals surface area contributed by atoms with E-state index in [1.54, 1.807) is 32.9 Å². The summed E-state index contributed by atoms with van der Waals surface area (Å²) < 4.78 is 74.5. The van der Waals surface area contributed by atoms with Crippen LogP contribution < -0.4 is 9.47 Å². The van der Waals surface area contributed by atoms with Crippen molar-refractivity contribution >= 4 is 21.6 Å². The number of alkyl halides is 2. The molecule has 15 heteroatoms. The number of sulfonamides is 1. The molecule has 0 saturated carbocycles. The SMILES string of the molecule is COc1ccc2c(n1)OCCOCCCN(Cc1cc([C@@H](c3ccn4c(C(F)F)nnc4c3C)C(C)(C)C(=O)O)ccc1C)S2(=O)=O. The zero-order valence-corrected chi connectivity index (χ0v) is 27.6. The van der Waals surface area contributed by atoms with Gasteiger partial charge in [0.1, 0.15) is 11.5 Å². The second-order valence-electron chi connectivity index (χ2n) is 11.9. The summed E-state index contributed by atoms with van der Waals surface area (Å²) in [7, 11) is -2.72. The van der Waals surface area contributed by atoms with E-state index in [-0.39, 0.29) is 48.6 Å². The number of hydrogen-bond acceptors (Lipinski definition) is 9. The normalized spacial score (nSPS) is 16.7. The molecule has 1 atom stereocenters. The third kappa shape index (κ3) is 6.64. The summed E-state index contributed by atoms with van der Waals surface area (Å²) in [4.78, 5) is 16.8. The monoisotopic (exact) mass is 673 g/mol. The fourth-order valence-corrected chi connectivity index (χ4v) is 7.33. The molecule has 1 N–H and O–H groups in total. The molecule has 1 aliphatic heterocycles. The molecule has 1 aliphatic rings. The third-order valence-electron chi connectivity index (χ3n) is 8.52. The van der Waals surface area contributed by atoms with Gasteiger partial charge in [-0.3, -0.25) is 9.20 Å². The van der Waals surface area contributed by atoms with Gasteiger partial charge in [-0.2, -0.15) is 9.29 Å². The van der Waals surface area contributed by atoms with Crippen molar-refractivity contribution in [3.63, 3.8) is 0 Å². The average Bonchev–Trinajstić information content (AvgIpc) is 3.46. The van der Waals surface area contributed by atoms with Crippen molar-refractivity contribution in [3.05, 3.63) is 76.2 Å². The predicted molar refractivity (Wildman–Crippen MR) is 166 cm³/mol. The molecule has 252 valence electrons. The van der Waals surface area contributed by atoms with Crippen LogP contribution in [0.5, 0.6) is 11.8 Å². The van der Waals surface area contributed by atoms with Crippen LogP contribution in [0.4, 0.5) is 8.78 Å². The van der Waals surface area contributed by atoms with Gasteiger partial charge in [-0.15, -0.1) is 10.2 Å². The van der Waals surface area contributed by atoms with Crippen molar-refractivity contribution in [1.82, 2.24) is 23.9 Å². The Morgan fingerprint density at radius 1 is 1.11 bits per heavy atom. The Hall–Kier alpha value is -4.21. The van der Waals surface area contributed by atoms with Crippen molar-refractivity contribution in [3.8, 4) is 11.8 Å². The first-order valence-electron chi connectivity index (χ1n) is 15.0. The van der Waals surface area contributed by atoms with Crippen LogP contribution in [0, 0.1) is 19.3 Å². The number of hydrogen-bond donors (Lipinski definition) is 1. The molecule has 0 spiro atoms. The number of pyridine rings is 2. The molecule has 4 heterocycles. The number of aliphatic carboxylic acids is 1. The van der Waals surface area contributed by atoms with Gasteiger partial charge in [-0.25, -0.2) is 17.2 Å². The second-order valence-corrected chi connectivity index (χ2v) is 13.8. The summed E-state index contributed by atoms with van der Waals surface area (Å²) in [5.74, 6) is -2.25. The number of fused-ring (bicyclic) bond motifs is 2. The minimum Gasteiger partial charge on any atom is -0.481 e. The molecule has 3 aromatic heterocycles. The third-order valence-corrected chi connectivity index (χ3v) is 10.4. The van der Waals surface area contributed by atoms with Gasteiger partial charge >= 0.3 is 5.97 Å². The molecule has 0 unspecified atom stereocenters. The first-order chi connectivity index (χ1) is 22.3. The zero-order chi connectivity index (χ0) is 34.1. The van der Waals surface area contributed by atoms with E-state index in [1.165, 1.54) is 34.1 Å². The van der Waals surface area contributed by atoms with E-state index in [0.717, 1.165) is 5.56 Å². The average molecular weight is 674 g/mol. The van der Waals surface area contributed by atoms with E-state index in [4.69, 9.17) is 14.2 Å². The topological polar surface area (TPSA) is 145 Å². The number of ether oxygens (including phenoxy) is 3. The van der Waals surface area contributed by atoms with E-state index < -0.39 is 39.6 Å². The molecule has 0 amide bonds. The number of carbonyl (C=O) groups is 1. The summed E-state index contributed by atoms with van der Waals surface area (Å²) in [6.45, 7) is 7.50. The molecule has 0 aliphatic carbocycles. The van der Waals surface area contributed by atoms with Crippen LogP contribution in [0.2, 0.25) is 0 Å². The number of benzene rings is 1. The quantitative estimate of drug-likeness (QED) is 0.274. The van der Waals surface area contributed by atoms with Crippen molar-refractivity contribution in [2.24, 2.45) is 5.41 Å². The predicted octanol–water partition coefficient (Wildman–Crippen LogP) is 4.92. The summed E-state index contributed by atoms with van der Waals surface area (Å²) in [6, 6.07) is 9.91. The maximum absolute atomic E-state index is 14.2. The minimum atomic E-state index is -4.14. The number of nitrogens with zero attached hydrogens (tertiary/aromatic N) is 5. The van der Waals surface area contributed by atoms with Crippen LogP contribution in [0.3, 0.4) is 0 Å². The lowest BCUT2D eigenvalue weighted by Crippen LogP contribution is -2.34. The summed E-state index contributed by atoms with van der Waals surface area (Å²) >= 11 is 0. The summed E-state index contributed by atoms with van der Waals surface area (Å²) in [6.07, 6.45) is -1.00. The molecule has 0 saturated heterocycles. The number of aryl methyl sites for hydroxylation is 2. The lowest BCUT2D eigenvalue weighted by atomic mass is 9.70. The Labute approximate surface area is 271 Å². The molecule has 1 aromatic carbocycles. The Balaban J connectivity index is 1.61. The van der Waals surface area contributed by atoms with Crippen molar-refractivity contribution in [2.45, 2.75) is 57.9 Å². The van der Waals surface area contributed by atoms with Crippen molar-refractivity contribution in [2.75, 3.05) is 33.5 Å². The van der Waals surface area contributed by atoms with E-state index in [0.29, 0.717) is 35.3 Å². The molecular formula is C32H37F2N5O7S. The highest BCUT2D eigenvalue weighted by Crippen LogP contribution is 2.44. The molecule has 47 heavy (non-hydrogen) atoms. The molecule has 5 rings (SSSR count). The van der Waals surface area contributed by atoms with Crippen LogP contribution in [0.25, 0.3) is 5.65 Å². The highest BCUT2D eigenvalue weighted by Gasteiger charge is 2.41. The van der Waals surface area contributed by atoms with E-state index in [2.05, 4.69) is 15.2 Å². The van der Waals surface area contributed by atoms with Crippen LogP contribution >= 0.6 is 0 Å². The molecule has 0 radical (unpaired) electrons. The number of rotatable bonds is 8. The Kier molecular flexibility index (Phi) is 9.80. The van der Waals surface area contributed by atoms with E-state index >= 15 is 0 Å². The van der Waals surface area contributed by atoms with Gasteiger partial charge in [0.15, 0.2) is 5.65 Å². The van der Waals surface area contributed by atoms with Gasteiger partial charge in [-0.1, -0.05) is 18.2 Å². The van der Waals surface area contributed by atoms with Crippen LogP contribution in [-0.2, 0) is 26.1 Å². The summed E-state index contributed by atoms with van der Waals surface area (Å²) in [5, 5.41) is 18.0. The molecule has 4 aromatic rings. The van der Waals surface area contributed by atoms with Crippen LogP contribution in [0.15, 0.2) is 47.5 Å². The second kappa shape index (κ2) is 13.5. The van der Waals surface area contributed by atoms with Gasteiger partial charge in [0.2, 0.25) is 27.6 Å². The lowest BCUT2D eigenvalue weighted by Gasteiger charge is -2.33. The smallest absolute Gasteiger partial charge is 0.310 e. The number of carboxylic acid groups (broad SMARTS) is 1. The van der Waals surface area contributed by atoms with Gasteiger partial charge in [0.05, 0.1) is 19.1 Å². The number of methoxy groups -OCH3 is 1. The number of aromatic nitrogens is 4. The molecule has 12 nitrogen and oxygen atoms in total. The summed E-state index contributed by atoms with van der Waals surface area (Å²) in [5.41, 5.74) is 1.93. The highest BCUT2D eigenvalue weighted by molar-refractivity contribution is 7.89. The first-order valence-corrected chi connectivity index (χ1v) is 16.4. The molecule has 0 fully saturated rings. The van der Waals surface area contributed by atoms with Crippen LogP contribution in [-0.4, -0.2) is 76.9 Å². The van der Waals surface area contributed by atoms with E-state index in [9.17, 15) is 27.1 Å². The Morgan fingerprint density at radius 2 is 1.87 bits per heavy atom. The number of halogens is 2. The minimum absolute atomic E-state index is 0.0341. The maximum Gasteiger partial charge on any atom is 0.310 e. The fraction of sp³-hybridized carbons (Fsp3) is 0.438. The van der Waals surface area contributed by atoms with Crippen molar-refractivity contribution in [1.29, 1.82) is 0 Å². The highest BCUT2D eigenvalue weighted by atomic mass is 32.2. The van der Waals surface area contributed by atoms with Gasteiger partial charge in [0, 0.05) is 37.9 Å². The van der Waals surface area contributed by atoms with Gasteiger partial charge < -0.3 is 19.3 Å². The standard InChI is InChI=1S/C32H37F2N5O7S/c1-19-7-8-21(26(32(3,4)31(40)41)23-11-13-39-28(20(23)2)36-37-29(39)27(33)34)17-22(19)18-38-12-6-14-45-15-16-46-30-24(47(38,42)43)9-10-25(35-30)44-5/h7-11,13,17,26-27H,6,12,14-16,18H2,1-5H3,(H,40,41)/t26-/m0/s1. The van der Waals surface area contributed by atoms with E-state index in [1.807, 2.05) is 19.1 Å². The van der Waals surface area contributed by atoms with Gasteiger partial charge in [-0.05, 0) is 74.1 Å². The fourth-order valence-electron chi connectivity index (χ4n) is 5.81. The first kappa shape index (κ1) is 34.1. The van der Waals surface area contributed by atoms with Gasteiger partial charge in [0.25, 0.3) is 6.43 Å². The van der Waals surface area contributed by atoms with Crippen LogP contribution in [0.1, 0.15) is 66.3 Å². The Bertz CT molecular complexity index is 1900. The molecular weight excluding hydrogens is 636 g/mol. The maximum atomic E-state index is 14.2. The molecule has 0 bridgehead atoms. The zero-order valence-electron chi connectivity index (χ0n) is 26.7. The number of carboxylic acids is 1. The Morgan fingerprint density at radius 3 is 2.57 bits per heavy atom.